The second kappa shape index (κ2) is 6.95. The number of halogens is 3. The van der Waals surface area contributed by atoms with Crippen LogP contribution in [0.15, 0.2) is 41.2 Å². The van der Waals surface area contributed by atoms with Crippen LogP contribution in [0.3, 0.4) is 0 Å². The van der Waals surface area contributed by atoms with Gasteiger partial charge in [0.15, 0.2) is 23.3 Å². The van der Waals surface area contributed by atoms with E-state index in [1.54, 1.807) is 0 Å². The lowest BCUT2D eigenvalue weighted by atomic mass is 10.1. The van der Waals surface area contributed by atoms with Crippen LogP contribution >= 0.6 is 0 Å². The molecule has 3 rings (SSSR count). The summed E-state index contributed by atoms with van der Waals surface area (Å²) >= 11 is 0. The van der Waals surface area contributed by atoms with Crippen molar-refractivity contribution in [3.63, 3.8) is 0 Å². The van der Waals surface area contributed by atoms with E-state index in [-0.39, 0.29) is 17.5 Å². The Bertz CT molecular complexity index is 915. The summed E-state index contributed by atoms with van der Waals surface area (Å²) in [6, 6.07) is 2.55. The van der Waals surface area contributed by atoms with Crippen LogP contribution in [0, 0.1) is 23.4 Å². The van der Waals surface area contributed by atoms with Gasteiger partial charge in [0.05, 0.1) is 0 Å². The van der Waals surface area contributed by atoms with Crippen LogP contribution < -0.4 is 11.5 Å². The number of rotatable bonds is 5. The predicted octanol–water partition coefficient (Wildman–Crippen LogP) is 2.37. The van der Waals surface area contributed by atoms with Gasteiger partial charge in [0, 0.05) is 23.5 Å². The van der Waals surface area contributed by atoms with Gasteiger partial charge in [-0.3, -0.25) is 4.79 Å². The molecule has 1 saturated carbocycles. The van der Waals surface area contributed by atoms with Crippen molar-refractivity contribution in [1.82, 2.24) is 9.97 Å². The normalized spacial score (nSPS) is 15.2. The van der Waals surface area contributed by atoms with Crippen LogP contribution in [0.1, 0.15) is 29.0 Å². The van der Waals surface area contributed by atoms with Gasteiger partial charge >= 0.3 is 0 Å². The predicted molar refractivity (Wildman–Crippen MR) is 88.1 cm³/mol. The number of aliphatic imine (C=N–C) groups is 1. The number of hydrogen-bond donors (Lipinski definition) is 2. The monoisotopic (exact) mass is 361 g/mol. The van der Waals surface area contributed by atoms with Gasteiger partial charge in [0.2, 0.25) is 11.6 Å². The average Bonchev–Trinajstić information content (AvgIpc) is 3.43. The number of aromatic nitrogens is 2. The Balaban J connectivity index is 1.87. The van der Waals surface area contributed by atoms with E-state index in [9.17, 15) is 18.0 Å². The third-order valence-corrected chi connectivity index (χ3v) is 3.70. The standard InChI is InChI=1S/C17H14F3N5O/c18-10-5-9(6-11(19)15(10)20)16(26)17-23-4-3-14(25-17)24-13(22)7-12(21)8-1-2-8/h3-8H,1-2,21H2,(H2,22,23,24,25)/b12-7-. The Labute approximate surface area is 146 Å². The van der Waals surface area contributed by atoms with Gasteiger partial charge in [-0.25, -0.2) is 28.1 Å². The SMILES string of the molecule is NC(/C=C(\N)C1CC1)=Nc1ccnc(C(=O)c2cc(F)c(F)c(F)c2)n1. The molecule has 1 aliphatic carbocycles. The van der Waals surface area contributed by atoms with E-state index in [4.69, 9.17) is 11.5 Å². The van der Waals surface area contributed by atoms with Crippen molar-refractivity contribution in [3.8, 4) is 0 Å². The number of carbonyl (C=O) groups excluding carboxylic acids is 1. The first-order chi connectivity index (χ1) is 12.3. The molecular weight excluding hydrogens is 347 g/mol. The molecule has 2 aromatic rings. The molecule has 134 valence electrons. The van der Waals surface area contributed by atoms with Gasteiger partial charge in [-0.15, -0.1) is 0 Å². The van der Waals surface area contributed by atoms with Crippen LogP contribution in [0.5, 0.6) is 0 Å². The summed E-state index contributed by atoms with van der Waals surface area (Å²) in [4.78, 5) is 24.0. The van der Waals surface area contributed by atoms with Crippen LogP contribution in [0.2, 0.25) is 0 Å². The van der Waals surface area contributed by atoms with Crippen molar-refractivity contribution in [1.29, 1.82) is 0 Å². The molecule has 0 bridgehead atoms. The third kappa shape index (κ3) is 3.88. The third-order valence-electron chi connectivity index (χ3n) is 3.70. The van der Waals surface area contributed by atoms with Crippen molar-refractivity contribution in [2.24, 2.45) is 22.4 Å². The molecule has 0 saturated heterocycles. The number of hydrogen-bond acceptors (Lipinski definition) is 5. The number of amidine groups is 1. The van der Waals surface area contributed by atoms with E-state index in [1.165, 1.54) is 18.3 Å². The van der Waals surface area contributed by atoms with Gasteiger partial charge in [-0.05, 0) is 37.0 Å². The summed E-state index contributed by atoms with van der Waals surface area (Å²) in [5.41, 5.74) is 11.8. The number of allylic oxidation sites excluding steroid dienone is 1. The van der Waals surface area contributed by atoms with Crippen molar-refractivity contribution >= 4 is 17.4 Å². The molecule has 0 radical (unpaired) electrons. The highest BCUT2D eigenvalue weighted by Gasteiger charge is 2.24. The molecule has 0 atom stereocenters. The second-order valence-electron chi connectivity index (χ2n) is 5.78. The van der Waals surface area contributed by atoms with Crippen molar-refractivity contribution < 1.29 is 18.0 Å². The lowest BCUT2D eigenvalue weighted by Crippen LogP contribution is -2.13. The van der Waals surface area contributed by atoms with Gasteiger partial charge in [0.25, 0.3) is 0 Å². The van der Waals surface area contributed by atoms with E-state index >= 15 is 0 Å². The van der Waals surface area contributed by atoms with Gasteiger partial charge in [0.1, 0.15) is 5.84 Å². The topological polar surface area (TPSA) is 107 Å². The summed E-state index contributed by atoms with van der Waals surface area (Å²) in [6.07, 6.45) is 4.78. The van der Waals surface area contributed by atoms with E-state index in [0.29, 0.717) is 23.7 Å². The minimum atomic E-state index is -1.66. The smallest absolute Gasteiger partial charge is 0.230 e. The fraction of sp³-hybridized carbons (Fsp3) is 0.176. The van der Waals surface area contributed by atoms with Crippen molar-refractivity contribution in [3.05, 3.63) is 65.0 Å². The van der Waals surface area contributed by atoms with Crippen molar-refractivity contribution in [2.45, 2.75) is 12.8 Å². The molecule has 6 nitrogen and oxygen atoms in total. The lowest BCUT2D eigenvalue weighted by molar-refractivity contribution is 0.102. The van der Waals surface area contributed by atoms with Crippen LogP contribution in [0.25, 0.3) is 0 Å². The zero-order chi connectivity index (χ0) is 18.8. The lowest BCUT2D eigenvalue weighted by Gasteiger charge is -2.03. The highest BCUT2D eigenvalue weighted by molar-refractivity contribution is 6.06. The number of carbonyl (C=O) groups is 1. The van der Waals surface area contributed by atoms with Crippen LogP contribution in [-0.4, -0.2) is 21.6 Å². The summed E-state index contributed by atoms with van der Waals surface area (Å²) in [5.74, 6) is -5.37. The molecule has 0 amide bonds. The van der Waals surface area contributed by atoms with Gasteiger partial charge < -0.3 is 11.5 Å². The van der Waals surface area contributed by atoms with Crippen molar-refractivity contribution in [2.75, 3.05) is 0 Å². The largest absolute Gasteiger partial charge is 0.402 e. The first kappa shape index (κ1) is 17.6. The fourth-order valence-electron chi connectivity index (χ4n) is 2.21. The molecule has 1 heterocycles. The Morgan fingerprint density at radius 2 is 1.85 bits per heavy atom. The molecule has 4 N–H and O–H groups in total. The Morgan fingerprint density at radius 1 is 1.19 bits per heavy atom. The van der Waals surface area contributed by atoms with E-state index in [2.05, 4.69) is 15.0 Å². The summed E-state index contributed by atoms with van der Waals surface area (Å²) < 4.78 is 39.6. The second-order valence-corrected chi connectivity index (χ2v) is 5.78. The Kier molecular flexibility index (Phi) is 4.70. The molecule has 0 spiro atoms. The molecule has 0 unspecified atom stereocenters. The summed E-state index contributed by atoms with van der Waals surface area (Å²) in [5, 5.41) is 0. The van der Waals surface area contributed by atoms with Gasteiger partial charge in [-0.1, -0.05) is 0 Å². The Hall–Kier alpha value is -3.23. The quantitative estimate of drug-likeness (QED) is 0.368. The first-order valence-corrected chi connectivity index (χ1v) is 7.68. The molecule has 9 heteroatoms. The molecule has 1 aromatic heterocycles. The van der Waals surface area contributed by atoms with E-state index in [1.807, 2.05) is 0 Å². The maximum absolute atomic E-state index is 13.3. The number of ketones is 1. The zero-order valence-corrected chi connectivity index (χ0v) is 13.4. The first-order valence-electron chi connectivity index (χ1n) is 7.68. The molecule has 26 heavy (non-hydrogen) atoms. The number of benzene rings is 1. The van der Waals surface area contributed by atoms with Gasteiger partial charge in [-0.2, -0.15) is 0 Å². The molecular formula is C17H14F3N5O. The molecule has 0 aliphatic heterocycles. The minimum Gasteiger partial charge on any atom is -0.402 e. The molecule has 1 aliphatic rings. The maximum Gasteiger partial charge on any atom is 0.230 e. The minimum absolute atomic E-state index is 0.0729. The average molecular weight is 361 g/mol. The maximum atomic E-state index is 13.3. The fourth-order valence-corrected chi connectivity index (χ4v) is 2.21. The highest BCUT2D eigenvalue weighted by Crippen LogP contribution is 2.33. The van der Waals surface area contributed by atoms with E-state index < -0.39 is 28.8 Å². The van der Waals surface area contributed by atoms with Crippen LogP contribution in [-0.2, 0) is 0 Å². The summed E-state index contributed by atoms with van der Waals surface area (Å²) in [6.45, 7) is 0. The highest BCUT2D eigenvalue weighted by atomic mass is 19.2. The zero-order valence-electron chi connectivity index (χ0n) is 13.4. The summed E-state index contributed by atoms with van der Waals surface area (Å²) in [7, 11) is 0. The van der Waals surface area contributed by atoms with Crippen LogP contribution in [0.4, 0.5) is 19.0 Å². The van der Waals surface area contributed by atoms with E-state index in [0.717, 1.165) is 12.8 Å². The molecule has 1 fully saturated rings. The Morgan fingerprint density at radius 3 is 2.46 bits per heavy atom. The number of nitrogens with zero attached hydrogens (tertiary/aromatic N) is 3. The molecule has 1 aromatic carbocycles. The number of nitrogens with two attached hydrogens (primary N) is 2.